The average Bonchev–Trinajstić information content (AvgIpc) is 2.61. The predicted molar refractivity (Wildman–Crippen MR) is 114 cm³/mol. The van der Waals surface area contributed by atoms with Crippen molar-refractivity contribution in [2.45, 2.75) is 90.9 Å². The van der Waals surface area contributed by atoms with E-state index in [9.17, 15) is 0 Å². The summed E-state index contributed by atoms with van der Waals surface area (Å²) in [6, 6.07) is 14.6. The van der Waals surface area contributed by atoms with Crippen LogP contribution in [-0.4, -0.2) is 0 Å². The highest BCUT2D eigenvalue weighted by Gasteiger charge is 2.36. The van der Waals surface area contributed by atoms with Crippen LogP contribution in [0.4, 0.5) is 0 Å². The van der Waals surface area contributed by atoms with Gasteiger partial charge in [0.15, 0.2) is 0 Å². The van der Waals surface area contributed by atoms with Gasteiger partial charge in [-0.25, -0.2) is 0 Å². The summed E-state index contributed by atoms with van der Waals surface area (Å²) in [4.78, 5) is 0. The summed E-state index contributed by atoms with van der Waals surface area (Å²) in [6.07, 6.45) is 6.64. The summed E-state index contributed by atoms with van der Waals surface area (Å²) in [5.41, 5.74) is 9.18. The second-order valence-corrected chi connectivity index (χ2v) is 9.09. The Kier molecular flexibility index (Phi) is 5.61. The molecule has 1 saturated carbocycles. The van der Waals surface area contributed by atoms with Crippen LogP contribution in [0.5, 0.6) is 0 Å². The Morgan fingerprint density at radius 2 is 1.08 bits per heavy atom. The van der Waals surface area contributed by atoms with Crippen molar-refractivity contribution < 1.29 is 0 Å². The fourth-order valence-electron chi connectivity index (χ4n) is 5.14. The first-order chi connectivity index (χ1) is 12.3. The second kappa shape index (κ2) is 7.59. The lowest BCUT2D eigenvalue weighted by atomic mass is 9.64. The Bertz CT molecular complexity index is 698. The van der Waals surface area contributed by atoms with Crippen LogP contribution in [0.1, 0.15) is 105 Å². The molecule has 1 aliphatic rings. The van der Waals surface area contributed by atoms with Crippen LogP contribution < -0.4 is 0 Å². The first-order valence-electron chi connectivity index (χ1n) is 10.6. The van der Waals surface area contributed by atoms with Gasteiger partial charge in [-0.1, -0.05) is 83.4 Å². The minimum atomic E-state index is 0.207. The monoisotopic (exact) mass is 348 g/mol. The topological polar surface area (TPSA) is 0 Å². The summed E-state index contributed by atoms with van der Waals surface area (Å²) < 4.78 is 0. The molecule has 0 amide bonds. The zero-order chi connectivity index (χ0) is 18.9. The Morgan fingerprint density at radius 1 is 0.654 bits per heavy atom. The summed E-state index contributed by atoms with van der Waals surface area (Å²) >= 11 is 0. The molecule has 0 N–H and O–H groups in total. The molecule has 2 aromatic carbocycles. The maximum absolute atomic E-state index is 2.49. The van der Waals surface area contributed by atoms with Crippen LogP contribution in [-0.2, 0) is 5.41 Å². The highest BCUT2D eigenvalue weighted by molar-refractivity contribution is 5.46. The highest BCUT2D eigenvalue weighted by atomic mass is 14.4. The van der Waals surface area contributed by atoms with Gasteiger partial charge in [0.1, 0.15) is 0 Å². The largest absolute Gasteiger partial charge is 0.0587 e. The molecule has 0 spiro atoms. The second-order valence-electron chi connectivity index (χ2n) is 9.09. The molecule has 3 rings (SSSR count). The number of benzene rings is 2. The molecule has 26 heavy (non-hydrogen) atoms. The minimum Gasteiger partial charge on any atom is -0.0587 e. The lowest BCUT2D eigenvalue weighted by Crippen LogP contribution is -2.31. The van der Waals surface area contributed by atoms with Gasteiger partial charge in [0.2, 0.25) is 0 Å². The summed E-state index contributed by atoms with van der Waals surface area (Å²) in [5, 5.41) is 0. The minimum absolute atomic E-state index is 0.207. The Balaban J connectivity index is 2.11. The summed E-state index contributed by atoms with van der Waals surface area (Å²) in [6.45, 7) is 13.8. The fourth-order valence-corrected chi connectivity index (χ4v) is 5.14. The van der Waals surface area contributed by atoms with Crippen molar-refractivity contribution in [1.82, 2.24) is 0 Å². The summed E-state index contributed by atoms with van der Waals surface area (Å²) in [5.74, 6) is 1.19. The molecule has 0 unspecified atom stereocenters. The number of hydrogen-bond acceptors (Lipinski definition) is 0. The third kappa shape index (κ3) is 3.48. The maximum atomic E-state index is 2.49. The van der Waals surface area contributed by atoms with E-state index < -0.39 is 0 Å². The Hall–Kier alpha value is -1.56. The van der Waals surface area contributed by atoms with Gasteiger partial charge in [0.25, 0.3) is 0 Å². The molecule has 0 radical (unpaired) electrons. The third-order valence-corrected chi connectivity index (χ3v) is 6.60. The number of aryl methyl sites for hydroxylation is 2. The smallest absolute Gasteiger partial charge is 0.0203 e. The molecule has 0 atom stereocenters. The van der Waals surface area contributed by atoms with E-state index >= 15 is 0 Å². The normalized spacial score (nSPS) is 17.1. The van der Waals surface area contributed by atoms with Gasteiger partial charge in [-0.15, -0.1) is 0 Å². The van der Waals surface area contributed by atoms with Gasteiger partial charge in [0, 0.05) is 5.41 Å². The van der Waals surface area contributed by atoms with Crippen LogP contribution >= 0.6 is 0 Å². The highest BCUT2D eigenvalue weighted by Crippen LogP contribution is 2.46. The molecule has 2 aromatic rings. The number of rotatable bonds is 4. The zero-order valence-corrected chi connectivity index (χ0v) is 17.7. The molecule has 0 saturated heterocycles. The lowest BCUT2D eigenvalue weighted by Gasteiger charge is -2.39. The van der Waals surface area contributed by atoms with Gasteiger partial charge in [0.05, 0.1) is 0 Å². The van der Waals surface area contributed by atoms with E-state index in [4.69, 9.17) is 0 Å². The van der Waals surface area contributed by atoms with E-state index in [2.05, 4.69) is 77.9 Å². The molecule has 1 fully saturated rings. The van der Waals surface area contributed by atoms with Gasteiger partial charge < -0.3 is 0 Å². The van der Waals surface area contributed by atoms with Crippen molar-refractivity contribution in [3.05, 3.63) is 69.8 Å². The molecule has 0 aliphatic heterocycles. The van der Waals surface area contributed by atoms with Crippen LogP contribution in [0.15, 0.2) is 36.4 Å². The molecule has 0 bridgehead atoms. The molecule has 0 heterocycles. The van der Waals surface area contributed by atoms with E-state index in [-0.39, 0.29) is 5.41 Å². The van der Waals surface area contributed by atoms with E-state index in [1.165, 1.54) is 65.5 Å². The molecule has 140 valence electrons. The molecular formula is C26H36. The Labute approximate surface area is 161 Å². The van der Waals surface area contributed by atoms with Crippen LogP contribution in [0.2, 0.25) is 0 Å². The number of hydrogen-bond donors (Lipinski definition) is 0. The van der Waals surface area contributed by atoms with Crippen LogP contribution in [0.25, 0.3) is 0 Å². The van der Waals surface area contributed by atoms with Crippen molar-refractivity contribution in [1.29, 1.82) is 0 Å². The molecule has 0 heteroatoms. The third-order valence-electron chi connectivity index (χ3n) is 6.60. The van der Waals surface area contributed by atoms with Crippen LogP contribution in [0, 0.1) is 13.8 Å². The fraction of sp³-hybridized carbons (Fsp3) is 0.538. The van der Waals surface area contributed by atoms with E-state index in [1.807, 2.05) is 0 Å². The standard InChI is InChI=1S/C26H36/c1-18(2)24-12-10-22(16-20(24)5)26(14-8-7-9-15-26)23-11-13-25(19(3)4)21(6)17-23/h10-13,16-19H,7-9,14-15H2,1-6H3. The molecule has 1 aliphatic carbocycles. The van der Waals surface area contributed by atoms with Crippen molar-refractivity contribution in [2.24, 2.45) is 0 Å². The van der Waals surface area contributed by atoms with Crippen molar-refractivity contribution >= 4 is 0 Å². The van der Waals surface area contributed by atoms with E-state index in [1.54, 1.807) is 0 Å². The van der Waals surface area contributed by atoms with Crippen molar-refractivity contribution in [3.8, 4) is 0 Å². The van der Waals surface area contributed by atoms with Crippen LogP contribution in [0.3, 0.4) is 0 Å². The van der Waals surface area contributed by atoms with Gasteiger partial charge in [-0.2, -0.15) is 0 Å². The predicted octanol–water partition coefficient (Wildman–Crippen LogP) is 7.80. The van der Waals surface area contributed by atoms with Crippen molar-refractivity contribution in [2.75, 3.05) is 0 Å². The Morgan fingerprint density at radius 3 is 1.42 bits per heavy atom. The van der Waals surface area contributed by atoms with Crippen molar-refractivity contribution in [3.63, 3.8) is 0 Å². The van der Waals surface area contributed by atoms with Gasteiger partial charge >= 0.3 is 0 Å². The molecular weight excluding hydrogens is 312 g/mol. The van der Waals surface area contributed by atoms with Gasteiger partial charge in [-0.05, 0) is 71.9 Å². The lowest BCUT2D eigenvalue weighted by molar-refractivity contribution is 0.345. The first-order valence-corrected chi connectivity index (χ1v) is 10.6. The SMILES string of the molecule is Cc1cc(C2(c3ccc(C(C)C)c(C)c3)CCCCC2)ccc1C(C)C. The molecule has 0 nitrogen and oxygen atoms in total. The average molecular weight is 349 g/mol. The molecule has 0 aromatic heterocycles. The first kappa shape index (κ1) is 19.2. The van der Waals surface area contributed by atoms with Gasteiger partial charge in [-0.3, -0.25) is 0 Å². The van der Waals surface area contributed by atoms with E-state index in [0.29, 0.717) is 11.8 Å². The van der Waals surface area contributed by atoms with E-state index in [0.717, 1.165) is 0 Å². The quantitative estimate of drug-likeness (QED) is 0.528. The maximum Gasteiger partial charge on any atom is 0.0203 e. The zero-order valence-electron chi connectivity index (χ0n) is 17.7. The summed E-state index contributed by atoms with van der Waals surface area (Å²) in [7, 11) is 0.